The van der Waals surface area contributed by atoms with Crippen molar-refractivity contribution in [1.29, 1.82) is 0 Å². The molecule has 6 nitrogen and oxygen atoms in total. The molecule has 4 rings (SSSR count). The molecule has 1 N–H and O–H groups in total. The van der Waals surface area contributed by atoms with E-state index in [0.717, 1.165) is 34.4 Å². The molecule has 1 saturated carbocycles. The molecule has 164 valence electrons. The summed E-state index contributed by atoms with van der Waals surface area (Å²) in [6.07, 6.45) is 1.28. The molecule has 2 aromatic carbocycles. The molecule has 0 spiro atoms. The number of carboxylic acid groups (broad SMARTS) is 1. The van der Waals surface area contributed by atoms with Crippen molar-refractivity contribution >= 4 is 11.9 Å². The molecule has 1 heterocycles. The van der Waals surface area contributed by atoms with Crippen LogP contribution in [0, 0.1) is 19.7 Å². The van der Waals surface area contributed by atoms with Crippen molar-refractivity contribution in [3.8, 4) is 5.75 Å². The highest BCUT2D eigenvalue weighted by Gasteiger charge is 2.42. The van der Waals surface area contributed by atoms with Crippen LogP contribution in [0.25, 0.3) is 0 Å². The van der Waals surface area contributed by atoms with Crippen LogP contribution < -0.4 is 4.74 Å². The van der Waals surface area contributed by atoms with Crippen molar-refractivity contribution in [3.05, 3.63) is 64.0 Å². The molecule has 0 unspecified atom stereocenters. The molecule has 1 aliphatic carbocycles. The average molecular weight is 427 g/mol. The highest BCUT2D eigenvalue weighted by Crippen LogP contribution is 2.43. The van der Waals surface area contributed by atoms with E-state index < -0.39 is 29.8 Å². The number of halogens is 1. The first-order valence-corrected chi connectivity index (χ1v) is 10.4. The van der Waals surface area contributed by atoms with Crippen LogP contribution in [-0.4, -0.2) is 40.8 Å². The molecule has 1 aliphatic heterocycles. The lowest BCUT2D eigenvalue weighted by Crippen LogP contribution is -2.44. The van der Waals surface area contributed by atoms with Gasteiger partial charge in [0.15, 0.2) is 6.04 Å². The summed E-state index contributed by atoms with van der Waals surface area (Å²) < 4.78 is 26.3. The van der Waals surface area contributed by atoms with Gasteiger partial charge < -0.3 is 14.6 Å². The number of aliphatic carboxylic acids is 1. The van der Waals surface area contributed by atoms with Gasteiger partial charge in [-0.1, -0.05) is 6.07 Å². The minimum absolute atomic E-state index is 0.124. The van der Waals surface area contributed by atoms with E-state index in [4.69, 9.17) is 9.47 Å². The predicted octanol–water partition coefficient (Wildman–Crippen LogP) is 4.17. The molecule has 1 saturated heterocycles. The van der Waals surface area contributed by atoms with Crippen molar-refractivity contribution in [2.24, 2.45) is 0 Å². The molecule has 2 fully saturated rings. The van der Waals surface area contributed by atoms with Gasteiger partial charge in [0.05, 0.1) is 11.7 Å². The van der Waals surface area contributed by atoms with Crippen molar-refractivity contribution in [3.63, 3.8) is 0 Å². The fourth-order valence-corrected chi connectivity index (χ4v) is 4.17. The molecule has 2 aliphatic rings. The van der Waals surface area contributed by atoms with Crippen LogP contribution in [0.15, 0.2) is 30.3 Å². The van der Waals surface area contributed by atoms with Gasteiger partial charge in [0.2, 0.25) is 0 Å². The number of nitrogens with zero attached hydrogens (tertiary/aromatic N) is 1. The summed E-state index contributed by atoms with van der Waals surface area (Å²) in [4.78, 5) is 25.6. The zero-order valence-electron chi connectivity index (χ0n) is 17.9. The second kappa shape index (κ2) is 8.30. The number of ether oxygens (including phenoxy) is 2. The zero-order chi connectivity index (χ0) is 22.3. The third-order valence-corrected chi connectivity index (χ3v) is 5.84. The average Bonchev–Trinajstić information content (AvgIpc) is 3.46. The van der Waals surface area contributed by atoms with E-state index in [-0.39, 0.29) is 24.8 Å². The number of rotatable bonds is 6. The van der Waals surface area contributed by atoms with Crippen LogP contribution in [0.3, 0.4) is 0 Å². The van der Waals surface area contributed by atoms with Crippen LogP contribution in [0.2, 0.25) is 0 Å². The normalized spacial score (nSPS) is 20.7. The van der Waals surface area contributed by atoms with Crippen LogP contribution in [0.5, 0.6) is 5.75 Å². The minimum atomic E-state index is -1.17. The largest absolute Gasteiger partial charge is 0.489 e. The molecular formula is C24H26FNO5. The van der Waals surface area contributed by atoms with E-state index in [1.54, 1.807) is 13.0 Å². The Hall–Kier alpha value is -2.93. The Morgan fingerprint density at radius 1 is 1.16 bits per heavy atom. The van der Waals surface area contributed by atoms with Gasteiger partial charge in [0.1, 0.15) is 24.9 Å². The van der Waals surface area contributed by atoms with Crippen LogP contribution in [0.1, 0.15) is 58.3 Å². The van der Waals surface area contributed by atoms with Gasteiger partial charge in [-0.3, -0.25) is 9.69 Å². The number of carbonyl (C=O) groups excluding carboxylic acids is 1. The van der Waals surface area contributed by atoms with E-state index in [0.29, 0.717) is 11.3 Å². The van der Waals surface area contributed by atoms with Gasteiger partial charge in [0.25, 0.3) is 5.91 Å². The molecule has 0 bridgehead atoms. The lowest BCUT2D eigenvalue weighted by molar-refractivity contribution is -0.142. The third-order valence-electron chi connectivity index (χ3n) is 5.84. The SMILES string of the molecule is Cc1cc(C)cc(OCc2cc(F)c(C(=O)N3CO[C@H](C)[C@H]3C(=O)O)cc2C2CC2)c1. The summed E-state index contributed by atoms with van der Waals surface area (Å²) in [6, 6.07) is 7.69. The first-order chi connectivity index (χ1) is 14.7. The molecule has 2 aromatic rings. The van der Waals surface area contributed by atoms with Crippen molar-refractivity contribution in [1.82, 2.24) is 4.90 Å². The van der Waals surface area contributed by atoms with Crippen LogP contribution in [-0.2, 0) is 16.1 Å². The van der Waals surface area contributed by atoms with E-state index in [1.165, 1.54) is 6.07 Å². The molecule has 0 aromatic heterocycles. The maximum atomic E-state index is 15.0. The molecule has 7 heteroatoms. The Morgan fingerprint density at radius 2 is 1.84 bits per heavy atom. The van der Waals surface area contributed by atoms with Gasteiger partial charge in [-0.25, -0.2) is 9.18 Å². The first kappa shape index (κ1) is 21.3. The summed E-state index contributed by atoms with van der Waals surface area (Å²) in [5, 5.41) is 9.45. The van der Waals surface area contributed by atoms with Crippen LogP contribution >= 0.6 is 0 Å². The summed E-state index contributed by atoms with van der Waals surface area (Å²) >= 11 is 0. The summed E-state index contributed by atoms with van der Waals surface area (Å²) in [7, 11) is 0. The van der Waals surface area contributed by atoms with Crippen molar-refractivity contribution in [2.45, 2.75) is 58.3 Å². The van der Waals surface area contributed by atoms with E-state index in [2.05, 4.69) is 6.07 Å². The summed E-state index contributed by atoms with van der Waals surface area (Å²) in [6.45, 7) is 5.59. The van der Waals surface area contributed by atoms with Gasteiger partial charge in [0, 0.05) is 0 Å². The topological polar surface area (TPSA) is 76.1 Å². The lowest BCUT2D eigenvalue weighted by atomic mass is 9.98. The van der Waals surface area contributed by atoms with Gasteiger partial charge in [-0.2, -0.15) is 0 Å². The second-order valence-electron chi connectivity index (χ2n) is 8.48. The third kappa shape index (κ3) is 4.42. The highest BCUT2D eigenvalue weighted by atomic mass is 19.1. The summed E-state index contributed by atoms with van der Waals surface area (Å²) in [5.41, 5.74) is 3.63. The van der Waals surface area contributed by atoms with Gasteiger partial charge >= 0.3 is 5.97 Å². The van der Waals surface area contributed by atoms with E-state index >= 15 is 4.39 Å². The number of carboxylic acids is 1. The molecule has 31 heavy (non-hydrogen) atoms. The van der Waals surface area contributed by atoms with Gasteiger partial charge in [-0.05, 0) is 86.1 Å². The zero-order valence-corrected chi connectivity index (χ0v) is 17.9. The summed E-state index contributed by atoms with van der Waals surface area (Å²) in [5.74, 6) is -1.55. The fourth-order valence-electron chi connectivity index (χ4n) is 4.17. The number of amides is 1. The van der Waals surface area contributed by atoms with Gasteiger partial charge in [-0.15, -0.1) is 0 Å². The predicted molar refractivity (Wildman–Crippen MR) is 112 cm³/mol. The van der Waals surface area contributed by atoms with E-state index in [1.807, 2.05) is 26.0 Å². The quantitative estimate of drug-likeness (QED) is 0.749. The molecule has 2 atom stereocenters. The fraction of sp³-hybridized carbons (Fsp3) is 0.417. The number of aryl methyl sites for hydroxylation is 2. The van der Waals surface area contributed by atoms with Crippen molar-refractivity contribution in [2.75, 3.05) is 6.73 Å². The Kier molecular flexibility index (Phi) is 5.71. The first-order valence-electron chi connectivity index (χ1n) is 10.4. The maximum Gasteiger partial charge on any atom is 0.329 e. The number of hydrogen-bond donors (Lipinski definition) is 1. The maximum absolute atomic E-state index is 15.0. The molecular weight excluding hydrogens is 401 g/mol. The monoisotopic (exact) mass is 427 g/mol. The number of carbonyl (C=O) groups is 2. The number of benzene rings is 2. The standard InChI is InChI=1S/C24H26FNO5/c1-13-6-14(2)8-18(7-13)30-11-17-9-21(25)20(10-19(17)16-4-5-16)23(27)26-12-31-15(3)22(26)24(28)29/h6-10,15-16,22H,4-5,11-12H2,1-3H3,(H,28,29)/t15-,22+/m1/s1. The minimum Gasteiger partial charge on any atom is -0.489 e. The van der Waals surface area contributed by atoms with Crippen molar-refractivity contribution < 1.29 is 28.6 Å². The van der Waals surface area contributed by atoms with E-state index in [9.17, 15) is 14.7 Å². The second-order valence-corrected chi connectivity index (χ2v) is 8.48. The highest BCUT2D eigenvalue weighted by molar-refractivity contribution is 5.97. The number of hydrogen-bond acceptors (Lipinski definition) is 4. The van der Waals surface area contributed by atoms with Crippen LogP contribution in [0.4, 0.5) is 4.39 Å². The smallest absolute Gasteiger partial charge is 0.329 e. The molecule has 0 radical (unpaired) electrons. The Balaban J connectivity index is 1.60. The Morgan fingerprint density at radius 3 is 2.45 bits per heavy atom. The Labute approximate surface area is 180 Å². The molecule has 1 amide bonds. The Bertz CT molecular complexity index is 1010. The lowest BCUT2D eigenvalue weighted by Gasteiger charge is -2.22.